The Balaban J connectivity index is 1.40. The van der Waals surface area contributed by atoms with E-state index in [0.717, 1.165) is 29.3 Å². The molecule has 3 aromatic rings. The molecule has 1 heterocycles. The number of carbonyl (C=O) groups excluding carboxylic acids is 1. The summed E-state index contributed by atoms with van der Waals surface area (Å²) in [6.45, 7) is 0.999. The van der Waals surface area contributed by atoms with Crippen LogP contribution in [-0.4, -0.2) is 38.3 Å². The molecule has 31 heavy (non-hydrogen) atoms. The molecule has 6 nitrogen and oxygen atoms in total. The molecule has 3 rings (SSSR count). The van der Waals surface area contributed by atoms with Crippen LogP contribution in [0.5, 0.6) is 17.2 Å². The largest absolute Gasteiger partial charge is 0.493 e. The van der Waals surface area contributed by atoms with E-state index in [4.69, 9.17) is 14.2 Å². The highest BCUT2D eigenvalue weighted by Crippen LogP contribution is 2.35. The normalized spacial score (nSPS) is 10.7. The number of nitrogens with one attached hydrogen (secondary N) is 1. The maximum atomic E-state index is 12.9. The van der Waals surface area contributed by atoms with Gasteiger partial charge in [0.05, 0.1) is 26.3 Å². The predicted molar refractivity (Wildman–Crippen MR) is 117 cm³/mol. The number of aryl methyl sites for hydroxylation is 1. The lowest BCUT2D eigenvalue weighted by Gasteiger charge is -2.12. The quantitative estimate of drug-likeness (QED) is 0.463. The van der Waals surface area contributed by atoms with Crippen molar-refractivity contribution in [3.63, 3.8) is 0 Å². The Labute approximate surface area is 181 Å². The lowest BCUT2D eigenvalue weighted by atomic mass is 10.1. The molecule has 1 amide bonds. The van der Waals surface area contributed by atoms with Crippen molar-refractivity contribution >= 4 is 16.8 Å². The lowest BCUT2D eigenvalue weighted by Crippen LogP contribution is -2.25. The number of amides is 1. The van der Waals surface area contributed by atoms with Gasteiger partial charge >= 0.3 is 0 Å². The van der Waals surface area contributed by atoms with Crippen LogP contribution in [0.1, 0.15) is 24.8 Å². The lowest BCUT2D eigenvalue weighted by molar-refractivity contribution is -0.121. The number of halogens is 1. The number of rotatable bonds is 11. The van der Waals surface area contributed by atoms with E-state index in [1.54, 1.807) is 32.5 Å². The Morgan fingerprint density at radius 3 is 2.48 bits per heavy atom. The maximum Gasteiger partial charge on any atom is 0.220 e. The summed E-state index contributed by atoms with van der Waals surface area (Å²) in [5, 5.41) is 3.74. The molecule has 7 heteroatoms. The summed E-state index contributed by atoms with van der Waals surface area (Å²) in [5.41, 5.74) is 1.78. The molecule has 0 radical (unpaired) electrons. The van der Waals surface area contributed by atoms with Crippen molar-refractivity contribution in [3.8, 4) is 17.2 Å². The number of hydrogen-bond acceptors (Lipinski definition) is 5. The second-order valence-corrected chi connectivity index (χ2v) is 7.07. The second-order valence-electron chi connectivity index (χ2n) is 7.07. The van der Waals surface area contributed by atoms with Gasteiger partial charge in [0.25, 0.3) is 0 Å². The van der Waals surface area contributed by atoms with E-state index < -0.39 is 0 Å². The van der Waals surface area contributed by atoms with E-state index in [1.165, 1.54) is 12.1 Å². The molecule has 2 aromatic carbocycles. The van der Waals surface area contributed by atoms with Crippen molar-refractivity contribution in [3.05, 3.63) is 60.0 Å². The number of fused-ring (bicyclic) bond motifs is 1. The van der Waals surface area contributed by atoms with Gasteiger partial charge in [-0.05, 0) is 49.1 Å². The Morgan fingerprint density at radius 1 is 1.00 bits per heavy atom. The number of hydrogen-bond donors (Lipinski definition) is 1. The average Bonchev–Trinajstić information content (AvgIpc) is 2.79. The summed E-state index contributed by atoms with van der Waals surface area (Å²) in [5.74, 6) is 1.69. The molecule has 0 fully saturated rings. The van der Waals surface area contributed by atoms with Crippen molar-refractivity contribution < 1.29 is 23.4 Å². The van der Waals surface area contributed by atoms with Crippen molar-refractivity contribution in [2.24, 2.45) is 0 Å². The summed E-state index contributed by atoms with van der Waals surface area (Å²) in [7, 11) is 3.17. The first-order valence-electron chi connectivity index (χ1n) is 10.3. The predicted octanol–water partition coefficient (Wildman–Crippen LogP) is 4.30. The summed E-state index contributed by atoms with van der Waals surface area (Å²) < 4.78 is 29.5. The van der Waals surface area contributed by atoms with Crippen LogP contribution in [0.4, 0.5) is 4.39 Å². The van der Waals surface area contributed by atoms with E-state index in [-0.39, 0.29) is 11.7 Å². The van der Waals surface area contributed by atoms with Crippen LogP contribution in [0, 0.1) is 5.82 Å². The minimum atomic E-state index is -0.248. The maximum absolute atomic E-state index is 12.9. The second kappa shape index (κ2) is 11.2. The third-order valence-electron chi connectivity index (χ3n) is 4.89. The fourth-order valence-corrected chi connectivity index (χ4v) is 3.25. The minimum absolute atomic E-state index is 0.00769. The van der Waals surface area contributed by atoms with E-state index >= 15 is 0 Å². The van der Waals surface area contributed by atoms with Crippen LogP contribution < -0.4 is 19.5 Å². The van der Waals surface area contributed by atoms with Gasteiger partial charge in [0.15, 0.2) is 11.5 Å². The van der Waals surface area contributed by atoms with Crippen LogP contribution >= 0.6 is 0 Å². The fraction of sp³-hybridized carbons (Fsp3) is 0.333. The number of aromatic nitrogens is 1. The van der Waals surface area contributed by atoms with Gasteiger partial charge in [-0.15, -0.1) is 0 Å². The highest BCUT2D eigenvalue weighted by Gasteiger charge is 2.10. The zero-order chi connectivity index (χ0) is 22.1. The molecule has 0 aliphatic carbocycles. The van der Waals surface area contributed by atoms with E-state index in [9.17, 15) is 9.18 Å². The molecule has 1 N–H and O–H groups in total. The molecule has 164 valence electrons. The number of carbonyl (C=O) groups is 1. The van der Waals surface area contributed by atoms with Crippen LogP contribution in [-0.2, 0) is 11.2 Å². The van der Waals surface area contributed by atoms with Crippen LogP contribution in [0.2, 0.25) is 0 Å². The Hall–Kier alpha value is -3.35. The highest BCUT2D eigenvalue weighted by atomic mass is 19.1. The Bertz CT molecular complexity index is 1010. The summed E-state index contributed by atoms with van der Waals surface area (Å²) in [4.78, 5) is 16.3. The van der Waals surface area contributed by atoms with Gasteiger partial charge in [0.2, 0.25) is 5.91 Å². The molecule has 0 aliphatic rings. The third-order valence-corrected chi connectivity index (χ3v) is 4.89. The van der Waals surface area contributed by atoms with Gasteiger partial charge in [0.1, 0.15) is 11.6 Å². The third kappa shape index (κ3) is 6.31. The first-order chi connectivity index (χ1) is 15.1. The zero-order valence-corrected chi connectivity index (χ0v) is 17.8. The van der Waals surface area contributed by atoms with Gasteiger partial charge in [-0.3, -0.25) is 9.78 Å². The van der Waals surface area contributed by atoms with Crippen molar-refractivity contribution in [2.45, 2.75) is 25.7 Å². The molecule has 0 atom stereocenters. The highest BCUT2D eigenvalue weighted by molar-refractivity contribution is 5.88. The number of benzene rings is 2. The first-order valence-corrected chi connectivity index (χ1v) is 10.3. The zero-order valence-electron chi connectivity index (χ0n) is 17.8. The molecular formula is C24H27FN2O4. The van der Waals surface area contributed by atoms with Gasteiger partial charge in [-0.1, -0.05) is 12.1 Å². The minimum Gasteiger partial charge on any atom is -0.493 e. The van der Waals surface area contributed by atoms with E-state index in [2.05, 4.69) is 10.3 Å². The van der Waals surface area contributed by atoms with Crippen LogP contribution in [0.3, 0.4) is 0 Å². The molecular weight excluding hydrogens is 399 g/mol. The fourth-order valence-electron chi connectivity index (χ4n) is 3.25. The SMILES string of the molecule is COc1cc2nccc(OCCCNC(=O)CCCc3ccc(F)cc3)c2cc1OC. The topological polar surface area (TPSA) is 69.7 Å². The summed E-state index contributed by atoms with van der Waals surface area (Å²) in [6, 6.07) is 11.8. The number of methoxy groups -OCH3 is 2. The van der Waals surface area contributed by atoms with Gasteiger partial charge in [-0.25, -0.2) is 4.39 Å². The van der Waals surface area contributed by atoms with Crippen molar-refractivity contribution in [2.75, 3.05) is 27.4 Å². The van der Waals surface area contributed by atoms with Gasteiger partial charge in [0, 0.05) is 30.6 Å². The average molecular weight is 426 g/mol. The van der Waals surface area contributed by atoms with E-state index in [1.807, 2.05) is 18.2 Å². The number of nitrogens with zero attached hydrogens (tertiary/aromatic N) is 1. The van der Waals surface area contributed by atoms with Gasteiger partial charge < -0.3 is 19.5 Å². The molecule has 0 unspecified atom stereocenters. The van der Waals surface area contributed by atoms with Crippen molar-refractivity contribution in [1.82, 2.24) is 10.3 Å². The summed E-state index contributed by atoms with van der Waals surface area (Å²) >= 11 is 0. The van der Waals surface area contributed by atoms with Crippen LogP contribution in [0.15, 0.2) is 48.7 Å². The molecule has 1 aromatic heterocycles. The first kappa shape index (κ1) is 22.3. The summed E-state index contributed by atoms with van der Waals surface area (Å²) in [6.07, 6.45) is 4.28. The number of pyridine rings is 1. The Morgan fingerprint density at radius 2 is 1.74 bits per heavy atom. The molecule has 0 saturated heterocycles. The molecule has 0 spiro atoms. The van der Waals surface area contributed by atoms with Gasteiger partial charge in [-0.2, -0.15) is 0 Å². The standard InChI is InChI=1S/C24H27FN2O4/c1-29-22-15-19-20(16-23(22)30-2)26-13-11-21(19)31-14-4-12-27-24(28)6-3-5-17-7-9-18(25)10-8-17/h7-11,13,15-16H,3-6,12,14H2,1-2H3,(H,27,28). The van der Waals surface area contributed by atoms with Crippen LogP contribution in [0.25, 0.3) is 10.9 Å². The van der Waals surface area contributed by atoms with Crippen molar-refractivity contribution in [1.29, 1.82) is 0 Å². The number of ether oxygens (including phenoxy) is 3. The Kier molecular flexibility index (Phi) is 8.04. The molecule has 0 saturated carbocycles. The smallest absolute Gasteiger partial charge is 0.220 e. The monoisotopic (exact) mass is 426 g/mol. The molecule has 0 bridgehead atoms. The van der Waals surface area contributed by atoms with E-state index in [0.29, 0.717) is 43.2 Å². The molecule has 0 aliphatic heterocycles.